The van der Waals surface area contributed by atoms with Crippen molar-refractivity contribution in [3.63, 3.8) is 0 Å². The van der Waals surface area contributed by atoms with Gasteiger partial charge in [-0.25, -0.2) is 5.43 Å². The molecule has 0 radical (unpaired) electrons. The molecule has 0 atom stereocenters. The molecule has 154 valence electrons. The maximum absolute atomic E-state index is 12.0. The van der Waals surface area contributed by atoms with Crippen molar-refractivity contribution in [1.29, 1.82) is 0 Å². The third-order valence-corrected chi connectivity index (χ3v) is 5.03. The average molecular weight is 424 g/mol. The first-order chi connectivity index (χ1) is 14.5. The fraction of sp³-hybridized carbons (Fsp3) is 0.174. The molecule has 1 aromatic heterocycles. The van der Waals surface area contributed by atoms with Crippen LogP contribution >= 0.6 is 11.6 Å². The van der Waals surface area contributed by atoms with E-state index >= 15 is 0 Å². The molecular weight excluding hydrogens is 402 g/mol. The van der Waals surface area contributed by atoms with Crippen LogP contribution in [0.5, 0.6) is 11.5 Å². The number of carbonyl (C=O) groups excluding carboxylic acids is 1. The molecule has 0 aliphatic carbocycles. The quantitative estimate of drug-likeness (QED) is 0.441. The van der Waals surface area contributed by atoms with Gasteiger partial charge in [0.05, 0.1) is 13.3 Å². The third kappa shape index (κ3) is 5.36. The number of ether oxygens (including phenoxy) is 2. The molecule has 0 aliphatic rings. The van der Waals surface area contributed by atoms with Crippen molar-refractivity contribution in [3.8, 4) is 11.5 Å². The summed E-state index contributed by atoms with van der Waals surface area (Å²) < 4.78 is 11.4. The Balaban J connectivity index is 1.69. The van der Waals surface area contributed by atoms with Crippen LogP contribution < -0.4 is 14.9 Å². The summed E-state index contributed by atoms with van der Waals surface area (Å²) in [5.74, 6) is 1.13. The standard InChI is InChI=1S/C23H22ClN3O3/c1-15-10-20(11-16(2)22(15)24)30-14-19-12-17(4-5-21(19)29-3)13-26-27-23(28)18-6-8-25-9-7-18/h4-13H,14H2,1-3H3,(H,27,28)/b26-13+. The molecule has 30 heavy (non-hydrogen) atoms. The van der Waals surface area contributed by atoms with E-state index in [-0.39, 0.29) is 5.91 Å². The molecule has 3 aromatic rings. The van der Waals surface area contributed by atoms with E-state index in [4.69, 9.17) is 21.1 Å². The minimum atomic E-state index is -0.306. The number of aryl methyl sites for hydroxylation is 2. The fourth-order valence-electron chi connectivity index (χ4n) is 2.88. The lowest BCUT2D eigenvalue weighted by Gasteiger charge is -2.13. The van der Waals surface area contributed by atoms with Gasteiger partial charge in [-0.3, -0.25) is 9.78 Å². The summed E-state index contributed by atoms with van der Waals surface area (Å²) in [5.41, 5.74) is 6.56. The fourth-order valence-corrected chi connectivity index (χ4v) is 2.98. The minimum absolute atomic E-state index is 0.306. The van der Waals surface area contributed by atoms with Crippen molar-refractivity contribution in [2.75, 3.05) is 7.11 Å². The van der Waals surface area contributed by atoms with E-state index in [2.05, 4.69) is 15.5 Å². The Morgan fingerprint density at radius 3 is 2.50 bits per heavy atom. The lowest BCUT2D eigenvalue weighted by Crippen LogP contribution is -2.17. The summed E-state index contributed by atoms with van der Waals surface area (Å²) in [7, 11) is 1.61. The van der Waals surface area contributed by atoms with Crippen molar-refractivity contribution >= 4 is 23.7 Å². The van der Waals surface area contributed by atoms with E-state index in [1.165, 1.54) is 0 Å². The molecule has 0 bridgehead atoms. The van der Waals surface area contributed by atoms with E-state index < -0.39 is 0 Å². The Kier molecular flexibility index (Phi) is 7.03. The second-order valence-electron chi connectivity index (χ2n) is 6.67. The van der Waals surface area contributed by atoms with Gasteiger partial charge in [-0.2, -0.15) is 5.10 Å². The first-order valence-corrected chi connectivity index (χ1v) is 9.65. The number of hydrazone groups is 1. The molecular formula is C23H22ClN3O3. The highest BCUT2D eigenvalue weighted by Crippen LogP contribution is 2.27. The summed E-state index contributed by atoms with van der Waals surface area (Å²) in [6.07, 6.45) is 4.68. The molecule has 0 saturated heterocycles. The van der Waals surface area contributed by atoms with Crippen molar-refractivity contribution in [2.45, 2.75) is 20.5 Å². The number of methoxy groups -OCH3 is 1. The molecule has 6 nitrogen and oxygen atoms in total. The number of amides is 1. The molecule has 0 fully saturated rings. The van der Waals surface area contributed by atoms with Gasteiger partial charge < -0.3 is 9.47 Å². The molecule has 0 spiro atoms. The number of halogens is 1. The monoisotopic (exact) mass is 423 g/mol. The summed E-state index contributed by atoms with van der Waals surface area (Å²) in [5, 5.41) is 4.77. The molecule has 7 heteroatoms. The maximum Gasteiger partial charge on any atom is 0.271 e. The Morgan fingerprint density at radius 1 is 1.13 bits per heavy atom. The predicted octanol–water partition coefficient (Wildman–Crippen LogP) is 4.70. The first kappa shape index (κ1) is 21.3. The largest absolute Gasteiger partial charge is 0.496 e. The predicted molar refractivity (Wildman–Crippen MR) is 118 cm³/mol. The number of carbonyl (C=O) groups is 1. The van der Waals surface area contributed by atoms with Crippen LogP contribution in [-0.4, -0.2) is 24.2 Å². The number of benzene rings is 2. The van der Waals surface area contributed by atoms with Crippen LogP contribution in [0.25, 0.3) is 0 Å². The first-order valence-electron chi connectivity index (χ1n) is 9.28. The van der Waals surface area contributed by atoms with Crippen molar-refractivity contribution in [1.82, 2.24) is 10.4 Å². The zero-order valence-electron chi connectivity index (χ0n) is 17.0. The molecule has 1 amide bonds. The van der Waals surface area contributed by atoms with Gasteiger partial charge in [-0.15, -0.1) is 0 Å². The lowest BCUT2D eigenvalue weighted by atomic mass is 10.1. The van der Waals surface area contributed by atoms with Crippen LogP contribution in [0.1, 0.15) is 32.6 Å². The molecule has 0 saturated carbocycles. The van der Waals surface area contributed by atoms with Crippen molar-refractivity contribution < 1.29 is 14.3 Å². The number of nitrogens with zero attached hydrogens (tertiary/aromatic N) is 2. The second kappa shape index (κ2) is 9.89. The summed E-state index contributed by atoms with van der Waals surface area (Å²) in [6.45, 7) is 4.20. The third-order valence-electron chi connectivity index (χ3n) is 4.43. The zero-order valence-corrected chi connectivity index (χ0v) is 17.7. The van der Waals surface area contributed by atoms with Crippen molar-refractivity contribution in [2.24, 2.45) is 5.10 Å². The number of hydrogen-bond acceptors (Lipinski definition) is 5. The van der Waals surface area contributed by atoms with E-state index in [0.717, 1.165) is 33.0 Å². The van der Waals surface area contributed by atoms with Gasteiger partial charge in [0.15, 0.2) is 0 Å². The highest BCUT2D eigenvalue weighted by atomic mass is 35.5. The van der Waals surface area contributed by atoms with Gasteiger partial charge in [0, 0.05) is 28.5 Å². The SMILES string of the molecule is COc1ccc(/C=N/NC(=O)c2ccncc2)cc1COc1cc(C)c(Cl)c(C)c1. The van der Waals surface area contributed by atoms with Gasteiger partial charge in [-0.1, -0.05) is 11.6 Å². The number of rotatable bonds is 7. The summed E-state index contributed by atoms with van der Waals surface area (Å²) in [6, 6.07) is 12.6. The van der Waals surface area contributed by atoms with Crippen LogP contribution in [0.15, 0.2) is 60.0 Å². The van der Waals surface area contributed by atoms with Gasteiger partial charge in [0.1, 0.15) is 18.1 Å². The van der Waals surface area contributed by atoms with E-state index in [1.807, 2.05) is 44.2 Å². The van der Waals surface area contributed by atoms with Crippen LogP contribution in [0.2, 0.25) is 5.02 Å². The zero-order chi connectivity index (χ0) is 21.5. The molecule has 1 heterocycles. The van der Waals surface area contributed by atoms with Gasteiger partial charge in [-0.05, 0) is 73.0 Å². The van der Waals surface area contributed by atoms with E-state index in [9.17, 15) is 4.79 Å². The van der Waals surface area contributed by atoms with Gasteiger partial charge >= 0.3 is 0 Å². The molecule has 2 aromatic carbocycles. The summed E-state index contributed by atoms with van der Waals surface area (Å²) >= 11 is 6.22. The van der Waals surface area contributed by atoms with E-state index in [1.54, 1.807) is 37.9 Å². The Hall–Kier alpha value is -3.38. The number of pyridine rings is 1. The number of nitrogens with one attached hydrogen (secondary N) is 1. The van der Waals surface area contributed by atoms with Crippen LogP contribution in [0, 0.1) is 13.8 Å². The Labute approximate surface area is 180 Å². The normalized spacial score (nSPS) is 10.8. The summed E-state index contributed by atoms with van der Waals surface area (Å²) in [4.78, 5) is 15.9. The Morgan fingerprint density at radius 2 is 1.83 bits per heavy atom. The number of aromatic nitrogens is 1. The molecule has 3 rings (SSSR count). The average Bonchev–Trinajstić information content (AvgIpc) is 2.76. The minimum Gasteiger partial charge on any atom is -0.496 e. The van der Waals surface area contributed by atoms with Gasteiger partial charge in [0.25, 0.3) is 5.91 Å². The topological polar surface area (TPSA) is 72.8 Å². The smallest absolute Gasteiger partial charge is 0.271 e. The molecule has 0 unspecified atom stereocenters. The second-order valence-corrected chi connectivity index (χ2v) is 7.04. The van der Waals surface area contributed by atoms with Gasteiger partial charge in [0.2, 0.25) is 0 Å². The van der Waals surface area contributed by atoms with Crippen LogP contribution in [-0.2, 0) is 6.61 Å². The molecule has 1 N–H and O–H groups in total. The Bertz CT molecular complexity index is 1050. The van der Waals surface area contributed by atoms with Crippen LogP contribution in [0.3, 0.4) is 0 Å². The van der Waals surface area contributed by atoms with E-state index in [0.29, 0.717) is 17.9 Å². The van der Waals surface area contributed by atoms with Crippen LogP contribution in [0.4, 0.5) is 0 Å². The lowest BCUT2D eigenvalue weighted by molar-refractivity contribution is 0.0955. The van der Waals surface area contributed by atoms with Crippen molar-refractivity contribution in [3.05, 3.63) is 87.7 Å². The highest BCUT2D eigenvalue weighted by molar-refractivity contribution is 6.32. The maximum atomic E-state index is 12.0. The highest BCUT2D eigenvalue weighted by Gasteiger charge is 2.08. The number of hydrogen-bond donors (Lipinski definition) is 1. The molecule has 0 aliphatic heterocycles.